The molecule has 1 aliphatic carbocycles. The van der Waals surface area contributed by atoms with Gasteiger partial charge in [0.05, 0.1) is 6.20 Å². The molecule has 1 aromatic heterocycles. The van der Waals surface area contributed by atoms with E-state index in [0.29, 0.717) is 12.0 Å². The van der Waals surface area contributed by atoms with Crippen LogP contribution in [0.1, 0.15) is 25.7 Å². The molecule has 1 aliphatic rings. The maximum atomic E-state index is 8.69. The van der Waals surface area contributed by atoms with Gasteiger partial charge >= 0.3 is 0 Å². The zero-order valence-electron chi connectivity index (χ0n) is 10.7. The molecule has 1 N–H and O–H groups in total. The monoisotopic (exact) mass is 245 g/mol. The van der Waals surface area contributed by atoms with Gasteiger partial charge in [-0.05, 0) is 25.7 Å². The molecule has 0 spiro atoms. The molecule has 0 aliphatic heterocycles. The number of rotatable bonds is 2. The highest BCUT2D eigenvalue weighted by Gasteiger charge is 2.23. The quantitative estimate of drug-likeness (QED) is 0.802. The lowest BCUT2D eigenvalue weighted by atomic mass is 9.86. The normalized spacial score (nSPS) is 23.0. The second-order valence-corrected chi connectivity index (χ2v) is 4.66. The van der Waals surface area contributed by atoms with Crippen molar-refractivity contribution in [3.8, 4) is 11.8 Å². The smallest absolute Gasteiger partial charge is 0.147 e. The molecule has 96 valence electrons. The van der Waals surface area contributed by atoms with Gasteiger partial charge in [-0.25, -0.2) is 4.98 Å². The Morgan fingerprint density at radius 1 is 1.33 bits per heavy atom. The molecule has 4 nitrogen and oxygen atoms in total. The molecule has 0 bridgehead atoms. The number of nitrogens with zero attached hydrogens (tertiary/aromatic N) is 3. The van der Waals surface area contributed by atoms with Crippen molar-refractivity contribution in [2.24, 2.45) is 5.92 Å². The summed E-state index contributed by atoms with van der Waals surface area (Å²) < 4.78 is 0. The van der Waals surface area contributed by atoms with E-state index in [1.54, 1.807) is 18.6 Å². The van der Waals surface area contributed by atoms with Gasteiger partial charge in [0.1, 0.15) is 12.4 Å². The predicted octanol–water partition coefficient (Wildman–Crippen LogP) is 1.47. The van der Waals surface area contributed by atoms with Crippen molar-refractivity contribution in [3.63, 3.8) is 0 Å². The van der Waals surface area contributed by atoms with E-state index in [1.165, 1.54) is 0 Å². The lowest BCUT2D eigenvalue weighted by molar-refractivity contribution is 0.348. The highest BCUT2D eigenvalue weighted by molar-refractivity contribution is 5.35. The highest BCUT2D eigenvalue weighted by atomic mass is 16.2. The molecule has 0 amide bonds. The number of anilines is 1. The Morgan fingerprint density at radius 2 is 2.11 bits per heavy atom. The summed E-state index contributed by atoms with van der Waals surface area (Å²) in [6, 6.07) is 0.522. The average molecular weight is 245 g/mol. The number of aliphatic hydroxyl groups excluding tert-OH is 1. The minimum Gasteiger partial charge on any atom is -0.384 e. The third-order valence-corrected chi connectivity index (χ3v) is 3.54. The fourth-order valence-electron chi connectivity index (χ4n) is 2.46. The summed E-state index contributed by atoms with van der Waals surface area (Å²) in [5, 5.41) is 8.69. The third kappa shape index (κ3) is 3.21. The van der Waals surface area contributed by atoms with Crippen LogP contribution < -0.4 is 4.90 Å². The van der Waals surface area contributed by atoms with Crippen LogP contribution in [0.5, 0.6) is 0 Å². The van der Waals surface area contributed by atoms with Gasteiger partial charge in [0.15, 0.2) is 0 Å². The van der Waals surface area contributed by atoms with Crippen LogP contribution in [0.3, 0.4) is 0 Å². The topological polar surface area (TPSA) is 49.2 Å². The standard InChI is InChI=1S/C14H19N3O/c1-17(14-11-15-8-9-16-14)13-6-4-12(5-7-13)3-2-10-18/h8-9,11-13,18H,4-7,10H2,1H3. The van der Waals surface area contributed by atoms with Crippen LogP contribution in [0.15, 0.2) is 18.6 Å². The molecule has 0 radical (unpaired) electrons. The predicted molar refractivity (Wildman–Crippen MR) is 71.0 cm³/mol. The average Bonchev–Trinajstić information content (AvgIpc) is 2.46. The highest BCUT2D eigenvalue weighted by Crippen LogP contribution is 2.28. The minimum absolute atomic E-state index is 0.0283. The van der Waals surface area contributed by atoms with E-state index in [4.69, 9.17) is 5.11 Å². The first-order valence-corrected chi connectivity index (χ1v) is 6.39. The lowest BCUT2D eigenvalue weighted by Crippen LogP contribution is -2.35. The molecule has 0 aromatic carbocycles. The lowest BCUT2D eigenvalue weighted by Gasteiger charge is -2.33. The molecule has 0 saturated heterocycles. The summed E-state index contributed by atoms with van der Waals surface area (Å²) in [5.74, 6) is 7.27. The van der Waals surface area contributed by atoms with E-state index >= 15 is 0 Å². The molecule has 0 atom stereocenters. The summed E-state index contributed by atoms with van der Waals surface area (Å²) >= 11 is 0. The number of hydrogen-bond donors (Lipinski definition) is 1. The van der Waals surface area contributed by atoms with E-state index in [2.05, 4.69) is 33.8 Å². The Hall–Kier alpha value is -1.60. The van der Waals surface area contributed by atoms with E-state index in [1.807, 2.05) is 0 Å². The Kier molecular flexibility index (Phi) is 4.54. The molecule has 18 heavy (non-hydrogen) atoms. The van der Waals surface area contributed by atoms with Crippen molar-refractivity contribution in [3.05, 3.63) is 18.6 Å². The van der Waals surface area contributed by atoms with Crippen molar-refractivity contribution >= 4 is 5.82 Å². The number of aliphatic hydroxyl groups is 1. The van der Waals surface area contributed by atoms with Gasteiger partial charge in [0, 0.05) is 31.4 Å². The van der Waals surface area contributed by atoms with Crippen LogP contribution in [0, 0.1) is 17.8 Å². The second kappa shape index (κ2) is 6.36. The summed E-state index contributed by atoms with van der Waals surface area (Å²) in [5.41, 5.74) is 0. The molecule has 1 saturated carbocycles. The molecule has 4 heteroatoms. The van der Waals surface area contributed by atoms with E-state index in [-0.39, 0.29) is 6.61 Å². The van der Waals surface area contributed by atoms with Crippen LogP contribution in [0.4, 0.5) is 5.82 Å². The Morgan fingerprint density at radius 3 is 2.72 bits per heavy atom. The van der Waals surface area contributed by atoms with Crippen molar-refractivity contribution in [2.45, 2.75) is 31.7 Å². The first-order valence-electron chi connectivity index (χ1n) is 6.39. The van der Waals surface area contributed by atoms with Crippen LogP contribution in [-0.4, -0.2) is 34.8 Å². The molecular formula is C14H19N3O. The summed E-state index contributed by atoms with van der Waals surface area (Å²) in [4.78, 5) is 10.6. The van der Waals surface area contributed by atoms with Crippen molar-refractivity contribution in [2.75, 3.05) is 18.6 Å². The molecular weight excluding hydrogens is 226 g/mol. The van der Waals surface area contributed by atoms with Gasteiger partial charge in [-0.1, -0.05) is 11.8 Å². The van der Waals surface area contributed by atoms with Gasteiger partial charge in [-0.2, -0.15) is 0 Å². The molecule has 1 heterocycles. The summed E-state index contributed by atoms with van der Waals surface area (Å²) in [7, 11) is 2.08. The van der Waals surface area contributed by atoms with Crippen molar-refractivity contribution < 1.29 is 5.11 Å². The zero-order chi connectivity index (χ0) is 12.8. The maximum absolute atomic E-state index is 8.69. The van der Waals surface area contributed by atoms with Gasteiger partial charge in [0.2, 0.25) is 0 Å². The largest absolute Gasteiger partial charge is 0.384 e. The Labute approximate surface area is 108 Å². The molecule has 2 rings (SSSR count). The molecule has 1 fully saturated rings. The summed E-state index contributed by atoms with van der Waals surface area (Å²) in [6.45, 7) is -0.0283. The fraction of sp³-hybridized carbons (Fsp3) is 0.571. The minimum atomic E-state index is -0.0283. The van der Waals surface area contributed by atoms with Crippen molar-refractivity contribution in [1.82, 2.24) is 9.97 Å². The van der Waals surface area contributed by atoms with Crippen LogP contribution >= 0.6 is 0 Å². The van der Waals surface area contributed by atoms with Gasteiger partial charge in [0.25, 0.3) is 0 Å². The Bertz CT molecular complexity index is 416. The second-order valence-electron chi connectivity index (χ2n) is 4.66. The first-order chi connectivity index (χ1) is 8.81. The van der Waals surface area contributed by atoms with Gasteiger partial charge in [-0.3, -0.25) is 4.98 Å². The van der Waals surface area contributed by atoms with Crippen LogP contribution in [0.25, 0.3) is 0 Å². The maximum Gasteiger partial charge on any atom is 0.147 e. The first kappa shape index (κ1) is 12.8. The van der Waals surface area contributed by atoms with E-state index < -0.39 is 0 Å². The SMILES string of the molecule is CN(c1cnccn1)C1CCC(C#CCO)CC1. The number of aromatic nitrogens is 2. The van der Waals surface area contributed by atoms with Crippen LogP contribution in [0.2, 0.25) is 0 Å². The summed E-state index contributed by atoms with van der Waals surface area (Å²) in [6.07, 6.45) is 9.67. The fourth-order valence-corrected chi connectivity index (χ4v) is 2.46. The van der Waals surface area contributed by atoms with Gasteiger partial charge in [-0.15, -0.1) is 0 Å². The zero-order valence-corrected chi connectivity index (χ0v) is 10.7. The van der Waals surface area contributed by atoms with E-state index in [9.17, 15) is 0 Å². The Balaban J connectivity index is 1.90. The third-order valence-electron chi connectivity index (χ3n) is 3.54. The molecule has 0 unspecified atom stereocenters. The van der Waals surface area contributed by atoms with Crippen LogP contribution in [-0.2, 0) is 0 Å². The molecule has 1 aromatic rings. The van der Waals surface area contributed by atoms with E-state index in [0.717, 1.165) is 31.5 Å². The van der Waals surface area contributed by atoms with Crippen molar-refractivity contribution in [1.29, 1.82) is 0 Å². The van der Waals surface area contributed by atoms with Gasteiger partial charge < -0.3 is 10.0 Å². The number of hydrogen-bond acceptors (Lipinski definition) is 4.